The summed E-state index contributed by atoms with van der Waals surface area (Å²) in [6.07, 6.45) is 1.90. The first kappa shape index (κ1) is 17.0. The Morgan fingerprint density at radius 3 is 2.71 bits per heavy atom. The molecule has 2 aliphatic rings. The maximum absolute atomic E-state index is 12.7. The van der Waals surface area contributed by atoms with Crippen molar-refractivity contribution in [2.24, 2.45) is 0 Å². The molecule has 2 amide bonds. The van der Waals surface area contributed by atoms with Gasteiger partial charge in [0, 0.05) is 32.0 Å². The minimum atomic E-state index is -0.470. The molecule has 0 spiro atoms. The van der Waals surface area contributed by atoms with Crippen molar-refractivity contribution in [3.05, 3.63) is 35.9 Å². The molecule has 0 aliphatic carbocycles. The largest absolute Gasteiger partial charge is 0.367 e. The van der Waals surface area contributed by atoms with Gasteiger partial charge in [0.1, 0.15) is 5.60 Å². The fourth-order valence-corrected chi connectivity index (χ4v) is 3.68. The third-order valence-corrected chi connectivity index (χ3v) is 5.12. The highest BCUT2D eigenvalue weighted by Crippen LogP contribution is 2.29. The molecule has 2 fully saturated rings. The number of ether oxygens (including phenoxy) is 1. The molecule has 0 N–H and O–H groups in total. The molecule has 1 aromatic carbocycles. The van der Waals surface area contributed by atoms with E-state index in [4.69, 9.17) is 4.74 Å². The van der Waals surface area contributed by atoms with Gasteiger partial charge < -0.3 is 14.5 Å². The molecule has 1 aromatic rings. The lowest BCUT2D eigenvalue weighted by Crippen LogP contribution is -2.51. The van der Waals surface area contributed by atoms with Crippen molar-refractivity contribution < 1.29 is 14.3 Å². The molecule has 0 aromatic heterocycles. The zero-order valence-electron chi connectivity index (χ0n) is 14.5. The quantitative estimate of drug-likeness (QED) is 0.850. The van der Waals surface area contributed by atoms with Gasteiger partial charge in [-0.15, -0.1) is 0 Å². The SMILES string of the molecule is C[C@@H](CC(=O)N1CCO[C@](C)(c2ccccc2)C1)N1CCCC1=O. The molecule has 2 saturated heterocycles. The maximum Gasteiger partial charge on any atom is 0.224 e. The van der Waals surface area contributed by atoms with Crippen LogP contribution in [0.15, 0.2) is 30.3 Å². The van der Waals surface area contributed by atoms with Gasteiger partial charge in [-0.05, 0) is 25.8 Å². The summed E-state index contributed by atoms with van der Waals surface area (Å²) in [6.45, 7) is 6.48. The first-order chi connectivity index (χ1) is 11.5. The maximum atomic E-state index is 12.7. The monoisotopic (exact) mass is 330 g/mol. The molecule has 3 rings (SSSR count). The lowest BCUT2D eigenvalue weighted by molar-refractivity contribution is -0.151. The number of likely N-dealkylation sites (tertiary alicyclic amines) is 1. The Balaban J connectivity index is 1.64. The summed E-state index contributed by atoms with van der Waals surface area (Å²) in [6, 6.07) is 10.0. The number of carbonyl (C=O) groups excluding carboxylic acids is 2. The second-order valence-electron chi connectivity index (χ2n) is 7.00. The molecule has 5 nitrogen and oxygen atoms in total. The van der Waals surface area contributed by atoms with E-state index in [-0.39, 0.29) is 17.9 Å². The van der Waals surface area contributed by atoms with Gasteiger partial charge in [0.15, 0.2) is 0 Å². The zero-order valence-corrected chi connectivity index (χ0v) is 14.5. The number of morpholine rings is 1. The predicted octanol–water partition coefficient (Wildman–Crippen LogP) is 2.16. The van der Waals surface area contributed by atoms with Gasteiger partial charge in [-0.3, -0.25) is 9.59 Å². The van der Waals surface area contributed by atoms with Crippen molar-refractivity contribution in [3.8, 4) is 0 Å². The Kier molecular flexibility index (Phi) is 4.90. The number of amides is 2. The van der Waals surface area contributed by atoms with Gasteiger partial charge in [-0.2, -0.15) is 0 Å². The molecule has 5 heteroatoms. The van der Waals surface area contributed by atoms with Gasteiger partial charge in [-0.1, -0.05) is 30.3 Å². The van der Waals surface area contributed by atoms with Crippen LogP contribution in [-0.4, -0.2) is 53.9 Å². The van der Waals surface area contributed by atoms with Gasteiger partial charge in [0.2, 0.25) is 11.8 Å². The summed E-state index contributed by atoms with van der Waals surface area (Å²) < 4.78 is 6.00. The number of carbonyl (C=O) groups is 2. The third-order valence-electron chi connectivity index (χ3n) is 5.12. The van der Waals surface area contributed by atoms with Gasteiger partial charge >= 0.3 is 0 Å². The van der Waals surface area contributed by atoms with Crippen LogP contribution in [0.2, 0.25) is 0 Å². The summed E-state index contributed by atoms with van der Waals surface area (Å²) in [5.74, 6) is 0.277. The number of rotatable bonds is 4. The topological polar surface area (TPSA) is 49.9 Å². The smallest absolute Gasteiger partial charge is 0.224 e. The molecule has 0 saturated carbocycles. The second-order valence-corrected chi connectivity index (χ2v) is 7.00. The second kappa shape index (κ2) is 6.93. The average molecular weight is 330 g/mol. The highest BCUT2D eigenvalue weighted by molar-refractivity contribution is 5.81. The molecular formula is C19H26N2O3. The van der Waals surface area contributed by atoms with Crippen LogP contribution in [0.3, 0.4) is 0 Å². The number of hydrogen-bond donors (Lipinski definition) is 0. The molecule has 0 unspecified atom stereocenters. The van der Waals surface area contributed by atoms with E-state index in [1.54, 1.807) is 0 Å². The summed E-state index contributed by atoms with van der Waals surface area (Å²) in [5.41, 5.74) is 0.618. The van der Waals surface area contributed by atoms with Crippen molar-refractivity contribution in [1.29, 1.82) is 0 Å². The van der Waals surface area contributed by atoms with Gasteiger partial charge in [0.25, 0.3) is 0 Å². The number of benzene rings is 1. The van der Waals surface area contributed by atoms with Crippen molar-refractivity contribution >= 4 is 11.8 Å². The Labute approximate surface area is 143 Å². The van der Waals surface area contributed by atoms with E-state index in [0.717, 1.165) is 18.5 Å². The molecule has 2 aliphatic heterocycles. The summed E-state index contributed by atoms with van der Waals surface area (Å²) in [4.78, 5) is 28.3. The van der Waals surface area contributed by atoms with Crippen LogP contribution in [0.4, 0.5) is 0 Å². The van der Waals surface area contributed by atoms with Gasteiger partial charge in [-0.25, -0.2) is 0 Å². The van der Waals surface area contributed by atoms with Crippen LogP contribution < -0.4 is 0 Å². The minimum Gasteiger partial charge on any atom is -0.367 e. The molecular weight excluding hydrogens is 304 g/mol. The lowest BCUT2D eigenvalue weighted by Gasteiger charge is -2.41. The van der Waals surface area contributed by atoms with E-state index in [2.05, 4.69) is 0 Å². The first-order valence-electron chi connectivity index (χ1n) is 8.76. The molecule has 0 bridgehead atoms. The van der Waals surface area contributed by atoms with E-state index in [1.165, 1.54) is 0 Å². The molecule has 130 valence electrons. The van der Waals surface area contributed by atoms with E-state index >= 15 is 0 Å². The fraction of sp³-hybridized carbons (Fsp3) is 0.579. The minimum absolute atomic E-state index is 0.0293. The van der Waals surface area contributed by atoms with Crippen LogP contribution in [0.1, 0.15) is 38.7 Å². The standard InChI is InChI=1S/C19H26N2O3/c1-15(21-10-6-9-17(21)22)13-18(23)20-11-12-24-19(2,14-20)16-7-4-3-5-8-16/h3-5,7-8,15H,6,9-14H2,1-2H3/t15-,19-/m0/s1. The Morgan fingerprint density at radius 1 is 1.29 bits per heavy atom. The highest BCUT2D eigenvalue weighted by Gasteiger charge is 2.36. The highest BCUT2D eigenvalue weighted by atomic mass is 16.5. The Bertz CT molecular complexity index is 604. The zero-order chi connectivity index (χ0) is 17.2. The normalized spacial score (nSPS) is 25.8. The van der Waals surface area contributed by atoms with Crippen molar-refractivity contribution in [1.82, 2.24) is 9.80 Å². The molecule has 0 radical (unpaired) electrons. The van der Waals surface area contributed by atoms with Gasteiger partial charge in [0.05, 0.1) is 13.2 Å². The average Bonchev–Trinajstić information content (AvgIpc) is 3.02. The van der Waals surface area contributed by atoms with Crippen LogP contribution in [0, 0.1) is 0 Å². The van der Waals surface area contributed by atoms with Crippen LogP contribution >= 0.6 is 0 Å². The molecule has 2 heterocycles. The number of hydrogen-bond acceptors (Lipinski definition) is 3. The predicted molar refractivity (Wildman–Crippen MR) is 91.4 cm³/mol. The van der Waals surface area contributed by atoms with Crippen LogP contribution in [0.25, 0.3) is 0 Å². The Morgan fingerprint density at radius 2 is 2.04 bits per heavy atom. The van der Waals surface area contributed by atoms with Crippen molar-refractivity contribution in [2.45, 2.75) is 44.8 Å². The first-order valence-corrected chi connectivity index (χ1v) is 8.76. The fourth-order valence-electron chi connectivity index (χ4n) is 3.68. The molecule has 24 heavy (non-hydrogen) atoms. The van der Waals surface area contributed by atoms with E-state index < -0.39 is 5.60 Å². The third kappa shape index (κ3) is 3.46. The van der Waals surface area contributed by atoms with Crippen molar-refractivity contribution in [3.63, 3.8) is 0 Å². The van der Waals surface area contributed by atoms with E-state index in [1.807, 2.05) is 54.0 Å². The van der Waals surface area contributed by atoms with Crippen LogP contribution in [0.5, 0.6) is 0 Å². The van der Waals surface area contributed by atoms with Crippen LogP contribution in [-0.2, 0) is 19.9 Å². The summed E-state index contributed by atoms with van der Waals surface area (Å²) in [5, 5.41) is 0. The Hall–Kier alpha value is -1.88. The molecule has 2 atom stereocenters. The summed E-state index contributed by atoms with van der Waals surface area (Å²) in [7, 11) is 0. The van der Waals surface area contributed by atoms with E-state index in [9.17, 15) is 9.59 Å². The number of nitrogens with zero attached hydrogens (tertiary/aromatic N) is 2. The van der Waals surface area contributed by atoms with E-state index in [0.29, 0.717) is 32.5 Å². The summed E-state index contributed by atoms with van der Waals surface area (Å²) >= 11 is 0. The van der Waals surface area contributed by atoms with Crippen molar-refractivity contribution in [2.75, 3.05) is 26.2 Å². The lowest BCUT2D eigenvalue weighted by atomic mass is 9.93.